The van der Waals surface area contributed by atoms with Crippen molar-refractivity contribution in [1.82, 2.24) is 14.3 Å². The van der Waals surface area contributed by atoms with Crippen LogP contribution in [0.4, 0.5) is 5.95 Å². The Bertz CT molecular complexity index is 1140. The van der Waals surface area contributed by atoms with Gasteiger partial charge in [0.15, 0.2) is 0 Å². The summed E-state index contributed by atoms with van der Waals surface area (Å²) in [5.74, 6) is 0.168. The minimum absolute atomic E-state index is 0.00722. The van der Waals surface area contributed by atoms with Crippen LogP contribution < -0.4 is 10.0 Å². The van der Waals surface area contributed by atoms with E-state index in [-0.39, 0.29) is 23.8 Å². The van der Waals surface area contributed by atoms with Crippen LogP contribution >= 0.6 is 0 Å². The number of anilines is 1. The van der Waals surface area contributed by atoms with Gasteiger partial charge in [0.1, 0.15) is 0 Å². The number of hydrogen-bond acceptors (Lipinski definition) is 4. The van der Waals surface area contributed by atoms with Gasteiger partial charge < -0.3 is 4.57 Å². The summed E-state index contributed by atoms with van der Waals surface area (Å²) in [6.45, 7) is 8.12. The highest BCUT2D eigenvalue weighted by atomic mass is 32.2. The minimum atomic E-state index is -3.69. The van der Waals surface area contributed by atoms with Crippen molar-refractivity contribution < 1.29 is 13.2 Å². The van der Waals surface area contributed by atoms with Crippen LogP contribution in [0.15, 0.2) is 41.3 Å². The number of nitrogens with zero attached hydrogens (tertiary/aromatic N) is 2. The zero-order chi connectivity index (χ0) is 21.2. The molecule has 0 saturated heterocycles. The van der Waals surface area contributed by atoms with Gasteiger partial charge in [-0.25, -0.2) is 18.1 Å². The lowest BCUT2D eigenvalue weighted by atomic mass is 10.1. The smallest absolute Gasteiger partial charge is 0.241 e. The molecule has 0 aliphatic rings. The van der Waals surface area contributed by atoms with E-state index >= 15 is 0 Å². The Morgan fingerprint density at radius 2 is 1.76 bits per heavy atom. The first kappa shape index (κ1) is 21.0. The molecule has 2 N–H and O–H groups in total. The normalized spacial score (nSPS) is 11.7. The van der Waals surface area contributed by atoms with Gasteiger partial charge in [0, 0.05) is 19.5 Å². The summed E-state index contributed by atoms with van der Waals surface area (Å²) in [6, 6.07) is 11.3. The fourth-order valence-electron chi connectivity index (χ4n) is 3.64. The van der Waals surface area contributed by atoms with Crippen molar-refractivity contribution in [3.05, 3.63) is 53.1 Å². The number of aryl methyl sites for hydroxylation is 4. The number of nitrogens with one attached hydrogen (secondary N) is 2. The molecule has 0 atom stereocenters. The SMILES string of the molecule is CCn1c(NC(=O)CCNS(=O)(=O)c2c(C)cc(C)cc2C)nc2ccccc21. The maximum Gasteiger partial charge on any atom is 0.241 e. The van der Waals surface area contributed by atoms with Gasteiger partial charge in [0.05, 0.1) is 15.9 Å². The molecule has 154 valence electrons. The maximum atomic E-state index is 12.7. The predicted molar refractivity (Wildman–Crippen MR) is 114 cm³/mol. The monoisotopic (exact) mass is 414 g/mol. The van der Waals surface area contributed by atoms with Crippen LogP contribution in [0.5, 0.6) is 0 Å². The number of carbonyl (C=O) groups is 1. The average Bonchev–Trinajstić information content (AvgIpc) is 2.97. The number of amides is 1. The summed E-state index contributed by atoms with van der Waals surface area (Å²) < 4.78 is 29.8. The molecule has 0 radical (unpaired) electrons. The number of carbonyl (C=O) groups excluding carboxylic acids is 1. The van der Waals surface area contributed by atoms with Crippen molar-refractivity contribution in [3.63, 3.8) is 0 Å². The van der Waals surface area contributed by atoms with Crippen molar-refractivity contribution in [2.24, 2.45) is 0 Å². The van der Waals surface area contributed by atoms with Gasteiger partial charge in [-0.05, 0) is 51.0 Å². The third kappa shape index (κ3) is 4.49. The van der Waals surface area contributed by atoms with Crippen LogP contribution in [0.2, 0.25) is 0 Å². The molecular weight excluding hydrogens is 388 g/mol. The van der Waals surface area contributed by atoms with Crippen LogP contribution in [-0.2, 0) is 21.4 Å². The molecule has 7 nitrogen and oxygen atoms in total. The summed E-state index contributed by atoms with van der Waals surface area (Å²) in [7, 11) is -3.69. The molecule has 0 saturated carbocycles. The molecule has 8 heteroatoms. The zero-order valence-electron chi connectivity index (χ0n) is 17.1. The van der Waals surface area contributed by atoms with E-state index in [4.69, 9.17) is 0 Å². The average molecular weight is 415 g/mol. The first-order valence-corrected chi connectivity index (χ1v) is 11.0. The van der Waals surface area contributed by atoms with Crippen molar-refractivity contribution >= 4 is 32.9 Å². The highest BCUT2D eigenvalue weighted by Gasteiger charge is 2.20. The number of sulfonamides is 1. The fourth-order valence-corrected chi connectivity index (χ4v) is 5.12. The highest BCUT2D eigenvalue weighted by Crippen LogP contribution is 2.22. The summed E-state index contributed by atoms with van der Waals surface area (Å²) in [6.07, 6.45) is 0.0100. The Morgan fingerprint density at radius 3 is 2.41 bits per heavy atom. The molecule has 3 rings (SSSR count). The molecule has 0 aliphatic carbocycles. The van der Waals surface area contributed by atoms with Crippen molar-refractivity contribution in [3.8, 4) is 0 Å². The quantitative estimate of drug-likeness (QED) is 0.620. The Morgan fingerprint density at radius 1 is 1.10 bits per heavy atom. The van der Waals surface area contributed by atoms with Gasteiger partial charge >= 0.3 is 0 Å². The van der Waals surface area contributed by atoms with E-state index in [1.54, 1.807) is 13.8 Å². The van der Waals surface area contributed by atoms with E-state index in [0.717, 1.165) is 16.6 Å². The minimum Gasteiger partial charge on any atom is -0.310 e. The zero-order valence-corrected chi connectivity index (χ0v) is 17.9. The van der Waals surface area contributed by atoms with Crippen molar-refractivity contribution in [2.45, 2.75) is 45.6 Å². The molecule has 0 aliphatic heterocycles. The second-order valence-electron chi connectivity index (χ2n) is 7.09. The first-order valence-electron chi connectivity index (χ1n) is 9.55. The molecule has 1 heterocycles. The van der Waals surface area contributed by atoms with Crippen LogP contribution in [-0.4, -0.2) is 30.4 Å². The number of hydrogen-bond donors (Lipinski definition) is 2. The second kappa shape index (κ2) is 8.34. The molecule has 29 heavy (non-hydrogen) atoms. The maximum absolute atomic E-state index is 12.7. The Balaban J connectivity index is 1.66. The lowest BCUT2D eigenvalue weighted by molar-refractivity contribution is -0.116. The number of para-hydroxylation sites is 2. The number of imidazole rings is 1. The number of benzene rings is 2. The lowest BCUT2D eigenvalue weighted by Crippen LogP contribution is -2.29. The van der Waals surface area contributed by atoms with Gasteiger partial charge in [-0.3, -0.25) is 10.1 Å². The van der Waals surface area contributed by atoms with E-state index in [0.29, 0.717) is 23.6 Å². The number of aromatic nitrogens is 2. The molecule has 1 amide bonds. The molecule has 0 bridgehead atoms. The molecule has 2 aromatic carbocycles. The number of fused-ring (bicyclic) bond motifs is 1. The van der Waals surface area contributed by atoms with E-state index in [1.807, 2.05) is 54.8 Å². The van der Waals surface area contributed by atoms with E-state index in [1.165, 1.54) is 0 Å². The molecule has 0 spiro atoms. The highest BCUT2D eigenvalue weighted by molar-refractivity contribution is 7.89. The third-order valence-electron chi connectivity index (χ3n) is 4.74. The first-order chi connectivity index (χ1) is 13.7. The van der Waals surface area contributed by atoms with Gasteiger partial charge in [-0.15, -0.1) is 0 Å². The summed E-state index contributed by atoms with van der Waals surface area (Å²) in [4.78, 5) is 17.1. The van der Waals surface area contributed by atoms with Gasteiger partial charge in [0.25, 0.3) is 0 Å². The van der Waals surface area contributed by atoms with Crippen molar-refractivity contribution in [1.29, 1.82) is 0 Å². The summed E-state index contributed by atoms with van der Waals surface area (Å²) in [5.41, 5.74) is 4.14. The Kier molecular flexibility index (Phi) is 6.04. The third-order valence-corrected chi connectivity index (χ3v) is 6.51. The molecule has 0 fully saturated rings. The number of rotatable bonds is 7. The van der Waals surface area contributed by atoms with Gasteiger partial charge in [0.2, 0.25) is 21.9 Å². The molecule has 1 aromatic heterocycles. The van der Waals surface area contributed by atoms with E-state index in [2.05, 4.69) is 15.0 Å². The summed E-state index contributed by atoms with van der Waals surface area (Å²) >= 11 is 0. The fraction of sp³-hybridized carbons (Fsp3) is 0.333. The van der Waals surface area contributed by atoms with Crippen LogP contribution in [0.3, 0.4) is 0 Å². The Labute approximate surface area is 171 Å². The summed E-state index contributed by atoms with van der Waals surface area (Å²) in [5, 5.41) is 2.79. The van der Waals surface area contributed by atoms with Crippen LogP contribution in [0, 0.1) is 20.8 Å². The van der Waals surface area contributed by atoms with Gasteiger partial charge in [-0.2, -0.15) is 0 Å². The molecule has 0 unspecified atom stereocenters. The van der Waals surface area contributed by atoms with Crippen molar-refractivity contribution in [2.75, 3.05) is 11.9 Å². The molecular formula is C21H26N4O3S. The topological polar surface area (TPSA) is 93.1 Å². The van der Waals surface area contributed by atoms with Crippen LogP contribution in [0.25, 0.3) is 11.0 Å². The Hall–Kier alpha value is -2.71. The standard InChI is InChI=1S/C21H26N4O3S/c1-5-25-18-9-7-6-8-17(18)23-21(25)24-19(26)10-11-22-29(27,28)20-15(3)12-14(2)13-16(20)4/h6-9,12-13,22H,5,10-11H2,1-4H3,(H,23,24,26). The van der Waals surface area contributed by atoms with E-state index in [9.17, 15) is 13.2 Å². The molecule has 3 aromatic rings. The van der Waals surface area contributed by atoms with Gasteiger partial charge in [-0.1, -0.05) is 29.8 Å². The predicted octanol–water partition coefficient (Wildman–Crippen LogP) is 3.29. The largest absolute Gasteiger partial charge is 0.310 e. The van der Waals surface area contributed by atoms with E-state index < -0.39 is 10.0 Å². The van der Waals surface area contributed by atoms with Crippen LogP contribution in [0.1, 0.15) is 30.0 Å². The second-order valence-corrected chi connectivity index (χ2v) is 8.80. The lowest BCUT2D eigenvalue weighted by Gasteiger charge is -2.13.